The van der Waals surface area contributed by atoms with Crippen molar-refractivity contribution < 1.29 is 33.7 Å². The molecule has 7 atom stereocenters. The van der Waals surface area contributed by atoms with Gasteiger partial charge < -0.3 is 19.3 Å². The van der Waals surface area contributed by atoms with Gasteiger partial charge in [-0.15, -0.1) is 0 Å². The van der Waals surface area contributed by atoms with E-state index >= 15 is 0 Å². The smallest absolute Gasteiger partial charge is 0.303 e. The lowest BCUT2D eigenvalue weighted by Crippen LogP contribution is -2.40. The monoisotopic (exact) mass is 558 g/mol. The first-order chi connectivity index (χ1) is 18.6. The molecule has 0 radical (unpaired) electrons. The Hall–Kier alpha value is -2.41. The standard InChI is InChI=1S/C33H50O7/c1-20(11-16-31(32(6,7)37)40-24(5)36)28-14-15-29-25(10-9-17-33(28,29)8)12-13-26-18-27(38-22(3)34)19-30(21(26)2)39-23(4)35/h12-13,20,27-31,37H,2,9-11,14-19H2,1,3-8H3/b25-12+,26-13-/t20-,27+,28-,29+,30-,31?,33-/m1/s1. The van der Waals surface area contributed by atoms with Crippen molar-refractivity contribution >= 4 is 17.9 Å². The van der Waals surface area contributed by atoms with Crippen LogP contribution in [0.15, 0.2) is 35.5 Å². The molecule has 3 rings (SSSR count). The minimum absolute atomic E-state index is 0.192. The fourth-order valence-corrected chi connectivity index (χ4v) is 7.66. The van der Waals surface area contributed by atoms with Gasteiger partial charge in [0.1, 0.15) is 18.3 Å². The molecular formula is C33H50O7. The Kier molecular flexibility index (Phi) is 10.5. The molecule has 3 aliphatic rings. The van der Waals surface area contributed by atoms with E-state index < -0.39 is 17.8 Å². The minimum Gasteiger partial charge on any atom is -0.462 e. The van der Waals surface area contributed by atoms with E-state index in [-0.39, 0.29) is 29.4 Å². The summed E-state index contributed by atoms with van der Waals surface area (Å²) >= 11 is 0. The van der Waals surface area contributed by atoms with E-state index in [4.69, 9.17) is 14.2 Å². The third-order valence-electron chi connectivity index (χ3n) is 9.57. The highest BCUT2D eigenvalue weighted by molar-refractivity contribution is 5.67. The summed E-state index contributed by atoms with van der Waals surface area (Å²) in [5.74, 6) is 0.424. The molecule has 0 aromatic carbocycles. The molecule has 7 heteroatoms. The van der Waals surface area contributed by atoms with Crippen LogP contribution < -0.4 is 0 Å². The lowest BCUT2D eigenvalue weighted by atomic mass is 9.60. The molecule has 0 heterocycles. The fraction of sp³-hybridized carbons (Fsp3) is 0.727. The van der Waals surface area contributed by atoms with Crippen molar-refractivity contribution in [3.63, 3.8) is 0 Å². The zero-order chi connectivity index (χ0) is 29.8. The number of rotatable bonds is 9. The zero-order valence-electron chi connectivity index (χ0n) is 25.6. The normalized spacial score (nSPS) is 32.4. The summed E-state index contributed by atoms with van der Waals surface area (Å²) in [5.41, 5.74) is 2.32. The van der Waals surface area contributed by atoms with Crippen LogP contribution in [0.4, 0.5) is 0 Å². The number of carbonyl (C=O) groups is 3. The number of carbonyl (C=O) groups excluding carboxylic acids is 3. The van der Waals surface area contributed by atoms with Crippen LogP contribution in [0.25, 0.3) is 0 Å². The largest absolute Gasteiger partial charge is 0.462 e. The second-order valence-corrected chi connectivity index (χ2v) is 13.1. The van der Waals surface area contributed by atoms with Gasteiger partial charge in [-0.05, 0) is 93.1 Å². The molecule has 0 saturated heterocycles. The third-order valence-corrected chi connectivity index (χ3v) is 9.57. The Bertz CT molecular complexity index is 1030. The molecule has 7 nitrogen and oxygen atoms in total. The second kappa shape index (κ2) is 13.1. The molecule has 224 valence electrons. The quantitative estimate of drug-likeness (QED) is 0.259. The van der Waals surface area contributed by atoms with Crippen LogP contribution in [0, 0.1) is 23.2 Å². The first-order valence-corrected chi connectivity index (χ1v) is 14.9. The maximum atomic E-state index is 11.7. The number of hydrogen-bond acceptors (Lipinski definition) is 7. The first-order valence-electron chi connectivity index (χ1n) is 14.9. The van der Waals surface area contributed by atoms with Crippen LogP contribution >= 0.6 is 0 Å². The molecule has 0 spiro atoms. The average molecular weight is 559 g/mol. The highest BCUT2D eigenvalue weighted by Crippen LogP contribution is 2.60. The summed E-state index contributed by atoms with van der Waals surface area (Å²) in [5, 5.41) is 10.5. The van der Waals surface area contributed by atoms with Crippen molar-refractivity contribution in [1.82, 2.24) is 0 Å². The van der Waals surface area contributed by atoms with E-state index in [0.29, 0.717) is 37.0 Å². The van der Waals surface area contributed by atoms with Gasteiger partial charge in [0.2, 0.25) is 0 Å². The van der Waals surface area contributed by atoms with E-state index in [2.05, 4.69) is 32.6 Å². The summed E-state index contributed by atoms with van der Waals surface area (Å²) in [7, 11) is 0. The van der Waals surface area contributed by atoms with Crippen molar-refractivity contribution in [2.24, 2.45) is 23.2 Å². The molecule has 0 aliphatic heterocycles. The van der Waals surface area contributed by atoms with Crippen molar-refractivity contribution in [2.45, 2.75) is 130 Å². The number of esters is 3. The van der Waals surface area contributed by atoms with Crippen molar-refractivity contribution in [3.8, 4) is 0 Å². The van der Waals surface area contributed by atoms with Crippen LogP contribution in [0.3, 0.4) is 0 Å². The SMILES string of the molecule is C=C1/C(=C\C=C2/CCC[C@]3(C)[C@@H]([C@H](C)CCC(OC(C)=O)C(C)(C)O)CC[C@@H]23)C[C@H](OC(C)=O)C[C@H]1OC(C)=O. The number of hydrogen-bond donors (Lipinski definition) is 1. The Balaban J connectivity index is 1.76. The summed E-state index contributed by atoms with van der Waals surface area (Å²) < 4.78 is 16.5. The topological polar surface area (TPSA) is 99.1 Å². The molecule has 3 aliphatic carbocycles. The number of ether oxygens (including phenoxy) is 3. The average Bonchev–Trinajstić information content (AvgIpc) is 3.18. The molecule has 0 aromatic rings. The molecule has 3 fully saturated rings. The number of aliphatic hydroxyl groups is 1. The molecule has 40 heavy (non-hydrogen) atoms. The van der Waals surface area contributed by atoms with Gasteiger partial charge in [-0.1, -0.05) is 38.2 Å². The summed E-state index contributed by atoms with van der Waals surface area (Å²) in [6, 6.07) is 0. The van der Waals surface area contributed by atoms with E-state index in [0.717, 1.165) is 43.3 Å². The van der Waals surface area contributed by atoms with Crippen LogP contribution in [0.1, 0.15) is 106 Å². The van der Waals surface area contributed by atoms with Crippen molar-refractivity contribution in [3.05, 3.63) is 35.5 Å². The molecule has 0 amide bonds. The predicted molar refractivity (Wildman–Crippen MR) is 154 cm³/mol. The Morgan fingerprint density at radius 3 is 2.35 bits per heavy atom. The van der Waals surface area contributed by atoms with E-state index in [1.165, 1.54) is 32.8 Å². The van der Waals surface area contributed by atoms with Gasteiger partial charge in [-0.3, -0.25) is 14.4 Å². The van der Waals surface area contributed by atoms with Crippen LogP contribution in [-0.2, 0) is 28.6 Å². The van der Waals surface area contributed by atoms with Gasteiger partial charge in [0.05, 0.1) is 5.60 Å². The molecule has 1 N–H and O–H groups in total. The fourth-order valence-electron chi connectivity index (χ4n) is 7.66. The minimum atomic E-state index is -1.08. The highest BCUT2D eigenvalue weighted by atomic mass is 16.6. The lowest BCUT2D eigenvalue weighted by Gasteiger charge is -2.44. The summed E-state index contributed by atoms with van der Waals surface area (Å²) in [4.78, 5) is 34.9. The van der Waals surface area contributed by atoms with Crippen LogP contribution in [-0.4, -0.2) is 46.9 Å². The molecule has 1 unspecified atom stereocenters. The highest BCUT2D eigenvalue weighted by Gasteiger charge is 2.50. The van der Waals surface area contributed by atoms with E-state index in [1.54, 1.807) is 13.8 Å². The predicted octanol–water partition coefficient (Wildman–Crippen LogP) is 6.39. The second-order valence-electron chi connectivity index (χ2n) is 13.1. The molecular weight excluding hydrogens is 508 g/mol. The Morgan fingerprint density at radius 1 is 1.07 bits per heavy atom. The zero-order valence-corrected chi connectivity index (χ0v) is 25.6. The van der Waals surface area contributed by atoms with Gasteiger partial charge in [-0.25, -0.2) is 0 Å². The Labute approximate surface area is 240 Å². The van der Waals surface area contributed by atoms with E-state index in [9.17, 15) is 19.5 Å². The Morgan fingerprint density at radius 2 is 1.75 bits per heavy atom. The van der Waals surface area contributed by atoms with E-state index in [1.807, 2.05) is 0 Å². The van der Waals surface area contributed by atoms with Crippen LogP contribution in [0.2, 0.25) is 0 Å². The van der Waals surface area contributed by atoms with Crippen molar-refractivity contribution in [1.29, 1.82) is 0 Å². The first kappa shape index (κ1) is 32.1. The lowest BCUT2D eigenvalue weighted by molar-refractivity contribution is -0.160. The molecule has 0 bridgehead atoms. The van der Waals surface area contributed by atoms with Gasteiger partial charge in [0.15, 0.2) is 0 Å². The maximum Gasteiger partial charge on any atom is 0.303 e. The van der Waals surface area contributed by atoms with Gasteiger partial charge in [-0.2, -0.15) is 0 Å². The number of fused-ring (bicyclic) bond motifs is 1. The summed E-state index contributed by atoms with van der Waals surface area (Å²) in [6.45, 7) is 16.6. The third kappa shape index (κ3) is 7.86. The molecule has 0 aromatic heterocycles. The van der Waals surface area contributed by atoms with Gasteiger partial charge >= 0.3 is 17.9 Å². The van der Waals surface area contributed by atoms with Gasteiger partial charge in [0.25, 0.3) is 0 Å². The van der Waals surface area contributed by atoms with Crippen molar-refractivity contribution in [2.75, 3.05) is 0 Å². The van der Waals surface area contributed by atoms with Gasteiger partial charge in [0, 0.05) is 33.6 Å². The molecule has 3 saturated carbocycles. The van der Waals surface area contributed by atoms with Crippen LogP contribution in [0.5, 0.6) is 0 Å². The maximum absolute atomic E-state index is 11.7. The number of allylic oxidation sites excluding steroid dienone is 3. The summed E-state index contributed by atoms with van der Waals surface area (Å²) in [6.07, 6.45) is 11.2.